The molecule has 9 nitrogen and oxygen atoms in total. The standard InChI is InChI=1S/C29H43N5O4SSi/c1-28(2,3)33-39(36,37)23-9-10-25(24(17-23)21-11-13-29(4,5)14-12-21)32-27(35)26-31-22(18-30)19-34(26)20-38-15-16-40(6,7)8/h9-11,17,19,33H,12-16,20H2,1-8H3,(H,32,35). The normalized spacial score (nSPS) is 15.8. The zero-order valence-electron chi connectivity index (χ0n) is 25.0. The summed E-state index contributed by atoms with van der Waals surface area (Å²) in [5.41, 5.74) is 1.75. The molecule has 0 spiro atoms. The Balaban J connectivity index is 1.95. The van der Waals surface area contributed by atoms with Crippen molar-refractivity contribution in [2.24, 2.45) is 5.41 Å². The monoisotopic (exact) mass is 585 g/mol. The van der Waals surface area contributed by atoms with Gasteiger partial charge in [0, 0.05) is 37.7 Å². The molecule has 0 saturated heterocycles. The molecule has 0 unspecified atom stereocenters. The van der Waals surface area contributed by atoms with Crippen LogP contribution in [0, 0.1) is 16.7 Å². The number of benzene rings is 1. The number of carbonyl (C=O) groups excluding carboxylic acids is 1. The van der Waals surface area contributed by atoms with E-state index in [4.69, 9.17) is 4.74 Å². The summed E-state index contributed by atoms with van der Waals surface area (Å²) < 4.78 is 36.3. The molecular formula is C29H43N5O4SSi. The van der Waals surface area contributed by atoms with Gasteiger partial charge in [0.15, 0.2) is 5.69 Å². The number of hydrogen-bond donors (Lipinski definition) is 2. The molecule has 1 aliphatic rings. The lowest BCUT2D eigenvalue weighted by Gasteiger charge is -2.29. The number of imidazole rings is 1. The molecule has 1 aliphatic carbocycles. The van der Waals surface area contributed by atoms with Gasteiger partial charge in [-0.1, -0.05) is 39.6 Å². The molecule has 1 aromatic carbocycles. The first-order chi connectivity index (χ1) is 18.4. The van der Waals surface area contributed by atoms with Gasteiger partial charge >= 0.3 is 0 Å². The van der Waals surface area contributed by atoms with Crippen molar-refractivity contribution < 1.29 is 17.9 Å². The molecule has 1 aromatic heterocycles. The number of carbonyl (C=O) groups is 1. The predicted octanol–water partition coefficient (Wildman–Crippen LogP) is 5.99. The Morgan fingerprint density at radius 2 is 1.95 bits per heavy atom. The Labute approximate surface area is 240 Å². The van der Waals surface area contributed by atoms with Gasteiger partial charge in [0.25, 0.3) is 5.91 Å². The highest BCUT2D eigenvalue weighted by Gasteiger charge is 2.27. The zero-order valence-corrected chi connectivity index (χ0v) is 26.8. The summed E-state index contributed by atoms with van der Waals surface area (Å²) in [5, 5.41) is 12.3. The Morgan fingerprint density at radius 3 is 2.52 bits per heavy atom. The molecular weight excluding hydrogens is 543 g/mol. The summed E-state index contributed by atoms with van der Waals surface area (Å²) in [7, 11) is -5.07. The minimum atomic E-state index is -3.79. The molecule has 0 saturated carbocycles. The Kier molecular flexibility index (Phi) is 9.51. The average molecular weight is 586 g/mol. The van der Waals surface area contributed by atoms with Gasteiger partial charge in [-0.05, 0) is 75.3 Å². The summed E-state index contributed by atoms with van der Waals surface area (Å²) in [6.45, 7) is 17.2. The minimum Gasteiger partial charge on any atom is -0.361 e. The van der Waals surface area contributed by atoms with Crippen molar-refractivity contribution >= 4 is 35.3 Å². The van der Waals surface area contributed by atoms with Gasteiger partial charge in [-0.3, -0.25) is 4.79 Å². The molecule has 0 fully saturated rings. The van der Waals surface area contributed by atoms with Crippen molar-refractivity contribution in [1.29, 1.82) is 5.26 Å². The summed E-state index contributed by atoms with van der Waals surface area (Å²) >= 11 is 0. The molecule has 0 bridgehead atoms. The lowest BCUT2D eigenvalue weighted by atomic mass is 9.77. The van der Waals surface area contributed by atoms with Gasteiger partial charge in [0.05, 0.1) is 4.90 Å². The maximum Gasteiger partial charge on any atom is 0.291 e. The third-order valence-electron chi connectivity index (χ3n) is 6.63. The van der Waals surface area contributed by atoms with Crippen LogP contribution in [-0.2, 0) is 21.5 Å². The van der Waals surface area contributed by atoms with Gasteiger partial charge in [0.2, 0.25) is 15.8 Å². The predicted molar refractivity (Wildman–Crippen MR) is 161 cm³/mol. The molecule has 11 heteroatoms. The van der Waals surface area contributed by atoms with Crippen LogP contribution in [0.25, 0.3) is 5.57 Å². The van der Waals surface area contributed by atoms with E-state index in [1.165, 1.54) is 16.8 Å². The molecule has 0 aliphatic heterocycles. The van der Waals surface area contributed by atoms with Gasteiger partial charge in [-0.15, -0.1) is 0 Å². The molecule has 40 heavy (non-hydrogen) atoms. The van der Waals surface area contributed by atoms with Crippen molar-refractivity contribution in [1.82, 2.24) is 14.3 Å². The highest BCUT2D eigenvalue weighted by atomic mass is 32.2. The average Bonchev–Trinajstić information content (AvgIpc) is 3.23. The van der Waals surface area contributed by atoms with Crippen LogP contribution in [0.1, 0.15) is 75.8 Å². The lowest BCUT2D eigenvalue weighted by molar-refractivity contribution is 0.0808. The fourth-order valence-electron chi connectivity index (χ4n) is 4.32. The summed E-state index contributed by atoms with van der Waals surface area (Å²) in [6, 6.07) is 7.70. The summed E-state index contributed by atoms with van der Waals surface area (Å²) in [4.78, 5) is 17.8. The molecule has 0 radical (unpaired) electrons. The molecule has 1 amide bonds. The second-order valence-electron chi connectivity index (χ2n) is 13.5. The van der Waals surface area contributed by atoms with Gasteiger partial charge in [-0.2, -0.15) is 5.26 Å². The van der Waals surface area contributed by atoms with Crippen LogP contribution < -0.4 is 10.0 Å². The Bertz CT molecular complexity index is 1420. The maximum atomic E-state index is 13.5. The van der Waals surface area contributed by atoms with Crippen LogP contribution in [0.4, 0.5) is 5.69 Å². The Hall–Kier alpha value is -2.78. The number of nitrogens with one attached hydrogen (secondary N) is 2. The number of amides is 1. The van der Waals surface area contributed by atoms with E-state index < -0.39 is 29.5 Å². The van der Waals surface area contributed by atoms with Crippen LogP contribution in [0.2, 0.25) is 25.7 Å². The van der Waals surface area contributed by atoms with Crippen LogP contribution in [0.5, 0.6) is 0 Å². The van der Waals surface area contributed by atoms with E-state index in [0.29, 0.717) is 17.9 Å². The molecule has 3 rings (SSSR count). The number of ether oxygens (including phenoxy) is 1. The number of hydrogen-bond acceptors (Lipinski definition) is 6. The second-order valence-corrected chi connectivity index (χ2v) is 20.8. The molecule has 2 aromatic rings. The van der Waals surface area contributed by atoms with E-state index in [9.17, 15) is 18.5 Å². The quantitative estimate of drug-likeness (QED) is 0.261. The highest BCUT2D eigenvalue weighted by molar-refractivity contribution is 7.89. The first kappa shape index (κ1) is 31.7. The third kappa shape index (κ3) is 8.86. The van der Waals surface area contributed by atoms with Crippen molar-refractivity contribution in [3.63, 3.8) is 0 Å². The van der Waals surface area contributed by atoms with E-state index in [1.807, 2.05) is 6.07 Å². The topological polar surface area (TPSA) is 126 Å². The lowest BCUT2D eigenvalue weighted by Crippen LogP contribution is -2.40. The third-order valence-corrected chi connectivity index (χ3v) is 10.1. The minimum absolute atomic E-state index is 0.0559. The van der Waals surface area contributed by atoms with Crippen LogP contribution in [0.15, 0.2) is 35.4 Å². The van der Waals surface area contributed by atoms with Gasteiger partial charge in [0.1, 0.15) is 12.8 Å². The Morgan fingerprint density at radius 1 is 1.25 bits per heavy atom. The number of nitrogens with zero attached hydrogens (tertiary/aromatic N) is 3. The zero-order chi connectivity index (χ0) is 29.9. The van der Waals surface area contributed by atoms with Crippen molar-refractivity contribution in [3.8, 4) is 6.07 Å². The number of nitriles is 1. The number of allylic oxidation sites excluding steroid dienone is 2. The smallest absolute Gasteiger partial charge is 0.291 e. The maximum absolute atomic E-state index is 13.5. The fraction of sp³-hybridized carbons (Fsp3) is 0.552. The number of sulfonamides is 1. The molecule has 2 N–H and O–H groups in total. The SMILES string of the molecule is CC1(C)CC=C(c2cc(S(=O)(=O)NC(C)(C)C)ccc2NC(=O)c2nc(C#N)cn2COCC[Si](C)(C)C)CC1. The first-order valence-electron chi connectivity index (χ1n) is 13.6. The number of rotatable bonds is 10. The van der Waals surface area contributed by atoms with Crippen LogP contribution in [0.3, 0.4) is 0 Å². The van der Waals surface area contributed by atoms with Crippen LogP contribution in [-0.4, -0.2) is 44.1 Å². The molecule has 1 heterocycles. The largest absolute Gasteiger partial charge is 0.361 e. The highest BCUT2D eigenvalue weighted by Crippen LogP contribution is 2.40. The number of anilines is 1. The van der Waals surface area contributed by atoms with Gasteiger partial charge < -0.3 is 14.6 Å². The van der Waals surface area contributed by atoms with Gasteiger partial charge in [-0.25, -0.2) is 18.1 Å². The molecule has 218 valence electrons. The van der Waals surface area contributed by atoms with E-state index in [2.05, 4.69) is 54.6 Å². The van der Waals surface area contributed by atoms with E-state index in [0.717, 1.165) is 30.9 Å². The second kappa shape index (κ2) is 12.0. The number of aromatic nitrogens is 2. The molecule has 0 atom stereocenters. The summed E-state index contributed by atoms with van der Waals surface area (Å²) in [6.07, 6.45) is 6.17. The van der Waals surface area contributed by atoms with E-state index >= 15 is 0 Å². The van der Waals surface area contributed by atoms with E-state index in [1.54, 1.807) is 32.9 Å². The fourth-order valence-corrected chi connectivity index (χ4v) is 6.52. The van der Waals surface area contributed by atoms with Crippen molar-refractivity contribution in [2.75, 3.05) is 11.9 Å². The summed E-state index contributed by atoms with van der Waals surface area (Å²) in [5.74, 6) is -0.447. The van der Waals surface area contributed by atoms with Crippen LogP contribution >= 0.6 is 0 Å². The first-order valence-corrected chi connectivity index (χ1v) is 18.8. The van der Waals surface area contributed by atoms with Crippen molar-refractivity contribution in [3.05, 3.63) is 47.6 Å². The van der Waals surface area contributed by atoms with E-state index in [-0.39, 0.29) is 28.6 Å². The van der Waals surface area contributed by atoms with Crippen molar-refractivity contribution in [2.45, 2.75) is 96.7 Å².